The van der Waals surface area contributed by atoms with Crippen LogP contribution in [0.25, 0.3) is 0 Å². The van der Waals surface area contributed by atoms with E-state index < -0.39 is 0 Å². The van der Waals surface area contributed by atoms with Crippen LogP contribution in [-0.2, 0) is 5.41 Å². The zero-order valence-corrected chi connectivity index (χ0v) is 12.4. The minimum Gasteiger partial charge on any atom is -0.388 e. The van der Waals surface area contributed by atoms with E-state index in [1.165, 1.54) is 11.1 Å². The van der Waals surface area contributed by atoms with Gasteiger partial charge in [0.1, 0.15) is 0 Å². The number of aliphatic hydroxyl groups excluding tert-OH is 1. The summed E-state index contributed by atoms with van der Waals surface area (Å²) in [4.78, 5) is 0. The van der Waals surface area contributed by atoms with Gasteiger partial charge in [-0.25, -0.2) is 0 Å². The maximum atomic E-state index is 10.3. The van der Waals surface area contributed by atoms with Gasteiger partial charge in [-0.05, 0) is 48.5 Å². The van der Waals surface area contributed by atoms with Crippen molar-refractivity contribution in [3.05, 3.63) is 34.9 Å². The van der Waals surface area contributed by atoms with Gasteiger partial charge in [-0.3, -0.25) is 0 Å². The van der Waals surface area contributed by atoms with E-state index in [0.29, 0.717) is 0 Å². The first kappa shape index (κ1) is 15.2. The first-order valence-electron chi connectivity index (χ1n) is 6.86. The predicted octanol–water partition coefficient (Wildman–Crippen LogP) is 3.33. The van der Waals surface area contributed by atoms with Crippen LogP contribution < -0.4 is 5.32 Å². The largest absolute Gasteiger partial charge is 0.388 e. The molecule has 1 rings (SSSR count). The van der Waals surface area contributed by atoms with E-state index in [-0.39, 0.29) is 11.5 Å². The van der Waals surface area contributed by atoms with Crippen molar-refractivity contribution < 1.29 is 5.11 Å². The van der Waals surface area contributed by atoms with E-state index in [0.717, 1.165) is 25.1 Å². The van der Waals surface area contributed by atoms with Crippen molar-refractivity contribution in [2.45, 2.75) is 52.6 Å². The predicted molar refractivity (Wildman–Crippen MR) is 78.0 cm³/mol. The summed E-state index contributed by atoms with van der Waals surface area (Å²) in [6, 6.07) is 6.44. The highest BCUT2D eigenvalue weighted by atomic mass is 16.3. The number of hydrogen-bond donors (Lipinski definition) is 2. The smallest absolute Gasteiger partial charge is 0.0804 e. The van der Waals surface area contributed by atoms with Crippen molar-refractivity contribution in [1.82, 2.24) is 5.32 Å². The summed E-state index contributed by atoms with van der Waals surface area (Å²) in [7, 11) is 0. The van der Waals surface area contributed by atoms with E-state index in [9.17, 15) is 5.11 Å². The number of nitrogens with one attached hydrogen (secondary N) is 1. The van der Waals surface area contributed by atoms with E-state index in [1.54, 1.807) is 0 Å². The van der Waals surface area contributed by atoms with Gasteiger partial charge in [0.25, 0.3) is 0 Å². The van der Waals surface area contributed by atoms with Crippen molar-refractivity contribution in [2.75, 3.05) is 13.1 Å². The van der Waals surface area contributed by atoms with Crippen molar-refractivity contribution in [3.63, 3.8) is 0 Å². The first-order valence-corrected chi connectivity index (χ1v) is 6.86. The Kier molecular flexibility index (Phi) is 5.36. The monoisotopic (exact) mass is 249 g/mol. The molecule has 0 fully saturated rings. The molecule has 0 saturated carbocycles. The number of aryl methyl sites for hydroxylation is 1. The SMILES string of the molecule is CCNCCC(O)c1cc(C(C)(C)C)ccc1C. The molecule has 18 heavy (non-hydrogen) atoms. The molecule has 0 radical (unpaired) electrons. The summed E-state index contributed by atoms with van der Waals surface area (Å²) >= 11 is 0. The molecule has 1 aromatic rings. The summed E-state index contributed by atoms with van der Waals surface area (Å²) in [5, 5.41) is 13.5. The van der Waals surface area contributed by atoms with Crippen molar-refractivity contribution in [2.24, 2.45) is 0 Å². The van der Waals surface area contributed by atoms with E-state index >= 15 is 0 Å². The molecule has 1 atom stereocenters. The van der Waals surface area contributed by atoms with Crippen LogP contribution in [0.2, 0.25) is 0 Å². The standard InChI is InChI=1S/C16H27NO/c1-6-17-10-9-15(18)14-11-13(16(3,4)5)8-7-12(14)2/h7-8,11,15,17-18H,6,9-10H2,1-5H3. The van der Waals surface area contributed by atoms with Crippen LogP contribution >= 0.6 is 0 Å². The molecule has 0 spiro atoms. The van der Waals surface area contributed by atoms with Crippen LogP contribution in [0.3, 0.4) is 0 Å². The average Bonchev–Trinajstić information content (AvgIpc) is 2.28. The molecule has 1 unspecified atom stereocenters. The molecule has 0 bridgehead atoms. The molecule has 0 aromatic heterocycles. The van der Waals surface area contributed by atoms with Crippen molar-refractivity contribution in [3.8, 4) is 0 Å². The topological polar surface area (TPSA) is 32.3 Å². The van der Waals surface area contributed by atoms with Crippen LogP contribution in [0.1, 0.15) is 56.9 Å². The van der Waals surface area contributed by atoms with Crippen LogP contribution in [-0.4, -0.2) is 18.2 Å². The normalized spacial score (nSPS) is 13.7. The highest BCUT2D eigenvalue weighted by Crippen LogP contribution is 2.28. The third kappa shape index (κ3) is 4.11. The quantitative estimate of drug-likeness (QED) is 0.785. The minimum atomic E-state index is -0.369. The summed E-state index contributed by atoms with van der Waals surface area (Å²) in [6.45, 7) is 12.6. The number of hydrogen-bond acceptors (Lipinski definition) is 2. The number of benzene rings is 1. The fourth-order valence-corrected chi connectivity index (χ4v) is 2.04. The Balaban J connectivity index is 2.86. The summed E-state index contributed by atoms with van der Waals surface area (Å²) in [6.07, 6.45) is 0.397. The van der Waals surface area contributed by atoms with Crippen LogP contribution in [0, 0.1) is 6.92 Å². The third-order valence-corrected chi connectivity index (χ3v) is 3.35. The van der Waals surface area contributed by atoms with Crippen LogP contribution in [0.4, 0.5) is 0 Å². The first-order chi connectivity index (χ1) is 8.36. The second-order valence-corrected chi connectivity index (χ2v) is 5.98. The molecule has 0 amide bonds. The Bertz CT molecular complexity index is 379. The van der Waals surface area contributed by atoms with Gasteiger partial charge in [0, 0.05) is 0 Å². The number of aliphatic hydroxyl groups is 1. The Morgan fingerprint density at radius 3 is 2.50 bits per heavy atom. The van der Waals surface area contributed by atoms with Gasteiger partial charge in [0.2, 0.25) is 0 Å². The van der Waals surface area contributed by atoms with Crippen LogP contribution in [0.15, 0.2) is 18.2 Å². The minimum absolute atomic E-state index is 0.129. The molecule has 0 heterocycles. The van der Waals surface area contributed by atoms with E-state index in [1.807, 2.05) is 0 Å². The van der Waals surface area contributed by atoms with E-state index in [4.69, 9.17) is 0 Å². The molecule has 2 heteroatoms. The zero-order valence-electron chi connectivity index (χ0n) is 12.4. The summed E-state index contributed by atoms with van der Waals surface area (Å²) in [5.41, 5.74) is 3.65. The van der Waals surface area contributed by atoms with E-state index in [2.05, 4.69) is 58.1 Å². The van der Waals surface area contributed by atoms with Gasteiger partial charge in [-0.2, -0.15) is 0 Å². The molecule has 0 aliphatic carbocycles. The second-order valence-electron chi connectivity index (χ2n) is 5.98. The second kappa shape index (κ2) is 6.35. The van der Waals surface area contributed by atoms with Crippen LogP contribution in [0.5, 0.6) is 0 Å². The molecular formula is C16H27NO. The zero-order chi connectivity index (χ0) is 13.8. The summed E-state index contributed by atoms with van der Waals surface area (Å²) in [5.74, 6) is 0. The lowest BCUT2D eigenvalue weighted by molar-refractivity contribution is 0.166. The van der Waals surface area contributed by atoms with Gasteiger partial charge in [0.05, 0.1) is 6.10 Å². The third-order valence-electron chi connectivity index (χ3n) is 3.35. The Morgan fingerprint density at radius 1 is 1.28 bits per heavy atom. The molecular weight excluding hydrogens is 222 g/mol. The maximum absolute atomic E-state index is 10.3. The molecule has 102 valence electrons. The van der Waals surface area contributed by atoms with Gasteiger partial charge in [-0.1, -0.05) is 45.9 Å². The molecule has 2 nitrogen and oxygen atoms in total. The summed E-state index contributed by atoms with van der Waals surface area (Å²) < 4.78 is 0. The molecule has 0 aliphatic rings. The number of rotatable bonds is 5. The molecule has 1 aromatic carbocycles. The van der Waals surface area contributed by atoms with Gasteiger partial charge < -0.3 is 10.4 Å². The van der Waals surface area contributed by atoms with Gasteiger partial charge >= 0.3 is 0 Å². The Hall–Kier alpha value is -0.860. The lowest BCUT2D eigenvalue weighted by atomic mass is 9.84. The molecule has 2 N–H and O–H groups in total. The van der Waals surface area contributed by atoms with Gasteiger partial charge in [0.15, 0.2) is 0 Å². The lowest BCUT2D eigenvalue weighted by Gasteiger charge is -2.22. The Morgan fingerprint density at radius 2 is 1.94 bits per heavy atom. The average molecular weight is 249 g/mol. The highest BCUT2D eigenvalue weighted by molar-refractivity contribution is 5.35. The lowest BCUT2D eigenvalue weighted by Crippen LogP contribution is -2.18. The van der Waals surface area contributed by atoms with Gasteiger partial charge in [-0.15, -0.1) is 0 Å². The fourth-order valence-electron chi connectivity index (χ4n) is 2.04. The fraction of sp³-hybridized carbons (Fsp3) is 0.625. The molecule has 0 saturated heterocycles. The van der Waals surface area contributed by atoms with Crippen molar-refractivity contribution in [1.29, 1.82) is 0 Å². The molecule has 0 aliphatic heterocycles. The maximum Gasteiger partial charge on any atom is 0.0804 e. The Labute approximate surface area is 111 Å². The highest BCUT2D eigenvalue weighted by Gasteiger charge is 2.17. The van der Waals surface area contributed by atoms with Crippen molar-refractivity contribution >= 4 is 0 Å².